The summed E-state index contributed by atoms with van der Waals surface area (Å²) in [5, 5.41) is 9.60. The Bertz CT molecular complexity index is 950. The van der Waals surface area contributed by atoms with Crippen LogP contribution in [0.3, 0.4) is 0 Å². The fraction of sp³-hybridized carbons (Fsp3) is 0.619. The van der Waals surface area contributed by atoms with Crippen LogP contribution >= 0.6 is 11.8 Å². The first-order valence-electron chi connectivity index (χ1n) is 10.9. The van der Waals surface area contributed by atoms with Gasteiger partial charge in [-0.1, -0.05) is 31.0 Å². The van der Waals surface area contributed by atoms with E-state index in [4.69, 9.17) is 9.47 Å². The fourth-order valence-electron chi connectivity index (χ4n) is 4.14. The van der Waals surface area contributed by atoms with Crippen molar-refractivity contribution in [1.29, 1.82) is 0 Å². The number of sulfonamides is 1. The van der Waals surface area contributed by atoms with Gasteiger partial charge in [-0.15, -0.1) is 10.2 Å². The Hall–Kier alpha value is -1.62. The van der Waals surface area contributed by atoms with Crippen LogP contribution in [0.1, 0.15) is 44.0 Å². The molecule has 1 aliphatic heterocycles. The molecular weight excluding hydrogens is 436 g/mol. The van der Waals surface area contributed by atoms with Crippen molar-refractivity contribution in [3.8, 4) is 5.75 Å². The maximum Gasteiger partial charge on any atom is 0.243 e. The van der Waals surface area contributed by atoms with Gasteiger partial charge < -0.3 is 14.0 Å². The highest BCUT2D eigenvalue weighted by Crippen LogP contribution is 2.32. The predicted molar refractivity (Wildman–Crippen MR) is 119 cm³/mol. The molecule has 2 heterocycles. The first-order valence-corrected chi connectivity index (χ1v) is 13.3. The van der Waals surface area contributed by atoms with Crippen molar-refractivity contribution in [2.75, 3.05) is 38.7 Å². The summed E-state index contributed by atoms with van der Waals surface area (Å²) >= 11 is 1.66. The summed E-state index contributed by atoms with van der Waals surface area (Å²) < 4.78 is 40.2. The molecular formula is C21H30N4O4S2. The molecule has 4 rings (SSSR count). The quantitative estimate of drug-likeness (QED) is 0.436. The Morgan fingerprint density at radius 3 is 2.52 bits per heavy atom. The van der Waals surface area contributed by atoms with Gasteiger partial charge in [0.05, 0.1) is 24.7 Å². The predicted octanol–water partition coefficient (Wildman–Crippen LogP) is 3.28. The Kier molecular flexibility index (Phi) is 7.52. The van der Waals surface area contributed by atoms with Crippen LogP contribution in [0.4, 0.5) is 0 Å². The molecule has 2 fully saturated rings. The lowest BCUT2D eigenvalue weighted by Crippen LogP contribution is -2.40. The van der Waals surface area contributed by atoms with Gasteiger partial charge in [0.15, 0.2) is 5.16 Å². The van der Waals surface area contributed by atoms with E-state index in [2.05, 4.69) is 14.8 Å². The van der Waals surface area contributed by atoms with Crippen LogP contribution in [0, 0.1) is 6.92 Å². The van der Waals surface area contributed by atoms with E-state index < -0.39 is 10.0 Å². The first kappa shape index (κ1) is 22.6. The zero-order chi connectivity index (χ0) is 21.7. The third-order valence-corrected chi connectivity index (χ3v) is 8.61. The van der Waals surface area contributed by atoms with Crippen molar-refractivity contribution >= 4 is 21.8 Å². The second-order valence-electron chi connectivity index (χ2n) is 7.88. The summed E-state index contributed by atoms with van der Waals surface area (Å²) in [5.41, 5.74) is 0. The zero-order valence-corrected chi connectivity index (χ0v) is 19.5. The molecule has 1 aliphatic carbocycles. The van der Waals surface area contributed by atoms with Crippen molar-refractivity contribution < 1.29 is 17.9 Å². The number of ether oxygens (including phenoxy) is 2. The zero-order valence-electron chi connectivity index (χ0n) is 17.9. The monoisotopic (exact) mass is 466 g/mol. The van der Waals surface area contributed by atoms with E-state index in [9.17, 15) is 8.42 Å². The van der Waals surface area contributed by atoms with Gasteiger partial charge in [-0.05, 0) is 44.0 Å². The molecule has 8 nitrogen and oxygen atoms in total. The van der Waals surface area contributed by atoms with Crippen LogP contribution in [0.25, 0.3) is 0 Å². The van der Waals surface area contributed by atoms with Gasteiger partial charge in [0.1, 0.15) is 11.6 Å². The number of benzene rings is 1. The number of thioether (sulfide) groups is 1. The molecule has 1 saturated heterocycles. The lowest BCUT2D eigenvalue weighted by atomic mass is 9.95. The topological polar surface area (TPSA) is 86.6 Å². The SMILES string of the molecule is Cc1nnc(SCCOc2ccc(S(=O)(=O)N3CCOCC3)cc2)n1C1CCCCC1. The van der Waals surface area contributed by atoms with Crippen molar-refractivity contribution in [2.24, 2.45) is 0 Å². The molecule has 1 aromatic carbocycles. The van der Waals surface area contributed by atoms with Crippen LogP contribution in [0.5, 0.6) is 5.75 Å². The van der Waals surface area contributed by atoms with Crippen LogP contribution in [-0.2, 0) is 14.8 Å². The van der Waals surface area contributed by atoms with Crippen molar-refractivity contribution in [3.05, 3.63) is 30.1 Å². The second-order valence-corrected chi connectivity index (χ2v) is 10.9. The number of nitrogens with zero attached hydrogens (tertiary/aromatic N) is 4. The molecule has 2 aromatic rings. The molecule has 0 unspecified atom stereocenters. The molecule has 1 aromatic heterocycles. The summed E-state index contributed by atoms with van der Waals surface area (Å²) in [4.78, 5) is 0.284. The van der Waals surface area contributed by atoms with Crippen molar-refractivity contribution in [2.45, 2.75) is 55.1 Å². The third kappa shape index (κ3) is 5.42. The maximum atomic E-state index is 12.7. The molecule has 0 spiro atoms. The van der Waals surface area contributed by atoms with E-state index in [1.54, 1.807) is 36.0 Å². The molecule has 1 saturated carbocycles. The molecule has 0 atom stereocenters. The lowest BCUT2D eigenvalue weighted by Gasteiger charge is -2.26. The van der Waals surface area contributed by atoms with Crippen molar-refractivity contribution in [3.63, 3.8) is 0 Å². The molecule has 0 N–H and O–H groups in total. The molecule has 31 heavy (non-hydrogen) atoms. The van der Waals surface area contributed by atoms with Gasteiger partial charge >= 0.3 is 0 Å². The minimum atomic E-state index is -3.48. The number of hydrogen-bond donors (Lipinski definition) is 0. The average molecular weight is 467 g/mol. The van der Waals surface area contributed by atoms with E-state index in [0.717, 1.165) is 16.7 Å². The highest BCUT2D eigenvalue weighted by molar-refractivity contribution is 7.99. The van der Waals surface area contributed by atoms with Gasteiger partial charge in [-0.3, -0.25) is 0 Å². The molecule has 10 heteroatoms. The van der Waals surface area contributed by atoms with E-state index >= 15 is 0 Å². The molecule has 0 amide bonds. The summed E-state index contributed by atoms with van der Waals surface area (Å²) in [6.07, 6.45) is 6.26. The summed E-state index contributed by atoms with van der Waals surface area (Å²) in [6, 6.07) is 7.15. The normalized spacial score (nSPS) is 18.9. The van der Waals surface area contributed by atoms with E-state index in [0.29, 0.717) is 44.7 Å². The van der Waals surface area contributed by atoms with Gasteiger partial charge in [0.25, 0.3) is 0 Å². The molecule has 170 valence electrons. The summed E-state index contributed by atoms with van der Waals surface area (Å²) in [6.45, 7) is 4.19. The molecule has 0 radical (unpaired) electrons. The minimum Gasteiger partial charge on any atom is -0.493 e. The van der Waals surface area contributed by atoms with Gasteiger partial charge in [0, 0.05) is 24.9 Å². The smallest absolute Gasteiger partial charge is 0.243 e. The number of rotatable bonds is 8. The van der Waals surface area contributed by atoms with Crippen LogP contribution in [-0.4, -0.2) is 66.2 Å². The highest BCUT2D eigenvalue weighted by Gasteiger charge is 2.26. The fourth-order valence-corrected chi connectivity index (χ4v) is 6.42. The Balaban J connectivity index is 1.29. The van der Waals surface area contributed by atoms with E-state index in [-0.39, 0.29) is 4.90 Å². The maximum absolute atomic E-state index is 12.7. The summed E-state index contributed by atoms with van der Waals surface area (Å²) in [5.74, 6) is 2.39. The molecule has 2 aliphatic rings. The van der Waals surface area contributed by atoms with Crippen LogP contribution in [0.2, 0.25) is 0 Å². The largest absolute Gasteiger partial charge is 0.493 e. The van der Waals surface area contributed by atoms with Gasteiger partial charge in [-0.2, -0.15) is 4.31 Å². The Morgan fingerprint density at radius 2 is 1.81 bits per heavy atom. The number of morpholine rings is 1. The van der Waals surface area contributed by atoms with Crippen LogP contribution in [0.15, 0.2) is 34.3 Å². The van der Waals surface area contributed by atoms with Crippen molar-refractivity contribution in [1.82, 2.24) is 19.1 Å². The number of aromatic nitrogens is 3. The van der Waals surface area contributed by atoms with E-state index in [1.165, 1.54) is 36.4 Å². The average Bonchev–Trinajstić information content (AvgIpc) is 3.18. The minimum absolute atomic E-state index is 0.284. The van der Waals surface area contributed by atoms with Gasteiger partial charge in [-0.25, -0.2) is 8.42 Å². The second kappa shape index (κ2) is 10.3. The Labute approximate surface area is 188 Å². The highest BCUT2D eigenvalue weighted by atomic mass is 32.2. The number of hydrogen-bond acceptors (Lipinski definition) is 7. The first-order chi connectivity index (χ1) is 15.1. The van der Waals surface area contributed by atoms with E-state index in [1.807, 2.05) is 6.92 Å². The standard InChI is InChI=1S/C21H30N4O4S2/c1-17-22-23-21(25(17)18-5-3-2-4-6-18)30-16-15-29-19-7-9-20(10-8-19)31(26,27)24-11-13-28-14-12-24/h7-10,18H,2-6,11-16H2,1H3. The Morgan fingerprint density at radius 1 is 1.10 bits per heavy atom. The number of aryl methyl sites for hydroxylation is 1. The van der Waals surface area contributed by atoms with Crippen LogP contribution < -0.4 is 4.74 Å². The molecule has 0 bridgehead atoms. The van der Waals surface area contributed by atoms with Gasteiger partial charge in [0.2, 0.25) is 10.0 Å². The lowest BCUT2D eigenvalue weighted by molar-refractivity contribution is 0.0730. The summed E-state index contributed by atoms with van der Waals surface area (Å²) in [7, 11) is -3.48. The third-order valence-electron chi connectivity index (χ3n) is 5.79.